The Labute approximate surface area is 127 Å². The van der Waals surface area contributed by atoms with Crippen molar-refractivity contribution in [3.8, 4) is 0 Å². The van der Waals surface area contributed by atoms with Crippen molar-refractivity contribution in [3.63, 3.8) is 0 Å². The van der Waals surface area contributed by atoms with Gasteiger partial charge in [-0.15, -0.1) is 0 Å². The minimum absolute atomic E-state index is 0.187. The minimum Gasteiger partial charge on any atom is -0.355 e. The van der Waals surface area contributed by atoms with Crippen molar-refractivity contribution in [2.45, 2.75) is 6.42 Å². The molecule has 0 unspecified atom stereocenters. The van der Waals surface area contributed by atoms with Gasteiger partial charge in [-0.05, 0) is 48.4 Å². The zero-order valence-electron chi connectivity index (χ0n) is 12.1. The second kappa shape index (κ2) is 5.60. The summed E-state index contributed by atoms with van der Waals surface area (Å²) in [6, 6.07) is 10.8. The number of carbonyl (C=O) groups excluding carboxylic acids is 2. The molecule has 22 heavy (non-hydrogen) atoms. The van der Waals surface area contributed by atoms with Gasteiger partial charge in [-0.25, -0.2) is 4.39 Å². The maximum absolute atomic E-state index is 13.0. The lowest BCUT2D eigenvalue weighted by Crippen LogP contribution is -2.29. The maximum atomic E-state index is 13.0. The maximum Gasteiger partial charge on any atom is 0.258 e. The van der Waals surface area contributed by atoms with Crippen LogP contribution in [0.1, 0.15) is 26.3 Å². The van der Waals surface area contributed by atoms with Crippen molar-refractivity contribution in [3.05, 3.63) is 65.0 Å². The molecular formula is C17H15FN2O2. The van der Waals surface area contributed by atoms with Crippen LogP contribution >= 0.6 is 0 Å². The molecule has 3 rings (SSSR count). The highest BCUT2D eigenvalue weighted by Crippen LogP contribution is 2.30. The van der Waals surface area contributed by atoms with Crippen molar-refractivity contribution in [2.75, 3.05) is 18.5 Å². The van der Waals surface area contributed by atoms with Crippen LogP contribution in [0.5, 0.6) is 0 Å². The number of fused-ring (bicyclic) bond motifs is 1. The van der Waals surface area contributed by atoms with E-state index >= 15 is 0 Å². The van der Waals surface area contributed by atoms with Crippen molar-refractivity contribution in [1.29, 1.82) is 0 Å². The molecule has 0 atom stereocenters. The molecule has 2 amide bonds. The smallest absolute Gasteiger partial charge is 0.258 e. The number of nitrogens with zero attached hydrogens (tertiary/aromatic N) is 1. The molecular weight excluding hydrogens is 283 g/mol. The van der Waals surface area contributed by atoms with Crippen LogP contribution in [0.2, 0.25) is 0 Å². The summed E-state index contributed by atoms with van der Waals surface area (Å²) in [7, 11) is 1.57. The largest absolute Gasteiger partial charge is 0.355 e. The zero-order valence-corrected chi connectivity index (χ0v) is 12.1. The van der Waals surface area contributed by atoms with Crippen LogP contribution in [0.25, 0.3) is 0 Å². The van der Waals surface area contributed by atoms with Crippen LogP contribution < -0.4 is 10.2 Å². The van der Waals surface area contributed by atoms with E-state index in [2.05, 4.69) is 5.32 Å². The molecule has 2 aromatic carbocycles. The quantitative estimate of drug-likeness (QED) is 0.925. The van der Waals surface area contributed by atoms with Gasteiger partial charge in [0.05, 0.1) is 0 Å². The summed E-state index contributed by atoms with van der Waals surface area (Å²) < 4.78 is 13.0. The van der Waals surface area contributed by atoms with Crippen LogP contribution in [0.15, 0.2) is 42.5 Å². The normalized spacial score (nSPS) is 12.9. The molecule has 0 radical (unpaired) electrons. The number of anilines is 1. The van der Waals surface area contributed by atoms with E-state index in [0.717, 1.165) is 17.7 Å². The first-order valence-corrected chi connectivity index (χ1v) is 7.02. The van der Waals surface area contributed by atoms with Crippen LogP contribution in [-0.2, 0) is 6.42 Å². The number of nitrogens with one attached hydrogen (secondary N) is 1. The molecule has 4 nitrogen and oxygen atoms in total. The van der Waals surface area contributed by atoms with Gasteiger partial charge in [0.1, 0.15) is 5.82 Å². The molecule has 0 fully saturated rings. The van der Waals surface area contributed by atoms with Gasteiger partial charge in [0.15, 0.2) is 0 Å². The Morgan fingerprint density at radius 3 is 2.45 bits per heavy atom. The van der Waals surface area contributed by atoms with Gasteiger partial charge < -0.3 is 10.2 Å². The summed E-state index contributed by atoms with van der Waals surface area (Å²) in [5.41, 5.74) is 2.72. The molecule has 5 heteroatoms. The van der Waals surface area contributed by atoms with Crippen molar-refractivity contribution in [2.24, 2.45) is 0 Å². The zero-order chi connectivity index (χ0) is 15.7. The Kier molecular flexibility index (Phi) is 3.63. The third-order valence-corrected chi connectivity index (χ3v) is 3.81. The molecule has 0 aromatic heterocycles. The topological polar surface area (TPSA) is 49.4 Å². The highest BCUT2D eigenvalue weighted by molar-refractivity contribution is 6.08. The average molecular weight is 298 g/mol. The molecule has 2 aromatic rings. The number of hydrogen-bond donors (Lipinski definition) is 1. The Bertz CT molecular complexity index is 741. The number of rotatable bonds is 2. The third-order valence-electron chi connectivity index (χ3n) is 3.81. The van der Waals surface area contributed by atoms with Crippen LogP contribution in [0.3, 0.4) is 0 Å². The number of amides is 2. The summed E-state index contributed by atoms with van der Waals surface area (Å²) in [6.45, 7) is 0.558. The SMILES string of the molecule is CNC(=O)c1ccc2c(c1)N(C(=O)c1ccc(F)cc1)CC2. The summed E-state index contributed by atoms with van der Waals surface area (Å²) in [5.74, 6) is -0.753. The minimum atomic E-state index is -0.375. The molecule has 1 N–H and O–H groups in total. The van der Waals surface area contributed by atoms with Gasteiger partial charge in [0.25, 0.3) is 11.8 Å². The second-order valence-electron chi connectivity index (χ2n) is 5.14. The average Bonchev–Trinajstić information content (AvgIpc) is 2.97. The fourth-order valence-corrected chi connectivity index (χ4v) is 2.62. The summed E-state index contributed by atoms with van der Waals surface area (Å²) in [5, 5.41) is 2.57. The van der Waals surface area contributed by atoms with E-state index in [1.165, 1.54) is 24.3 Å². The fraction of sp³-hybridized carbons (Fsp3) is 0.176. The Morgan fingerprint density at radius 2 is 1.77 bits per heavy atom. The number of halogens is 1. The lowest BCUT2D eigenvalue weighted by molar-refractivity contribution is 0.0959. The van der Waals surface area contributed by atoms with E-state index in [4.69, 9.17) is 0 Å². The molecule has 0 saturated carbocycles. The van der Waals surface area contributed by atoms with Gasteiger partial charge in [0.2, 0.25) is 0 Å². The molecule has 0 spiro atoms. The Balaban J connectivity index is 1.94. The van der Waals surface area contributed by atoms with Gasteiger partial charge in [0, 0.05) is 30.4 Å². The highest BCUT2D eigenvalue weighted by atomic mass is 19.1. The third kappa shape index (κ3) is 2.45. The predicted molar refractivity (Wildman–Crippen MR) is 81.6 cm³/mol. The fourth-order valence-electron chi connectivity index (χ4n) is 2.62. The second-order valence-corrected chi connectivity index (χ2v) is 5.14. The predicted octanol–water partition coefficient (Wildman–Crippen LogP) is 2.39. The van der Waals surface area contributed by atoms with E-state index < -0.39 is 0 Å². The van der Waals surface area contributed by atoms with Crippen molar-refractivity contribution < 1.29 is 14.0 Å². The standard InChI is InChI=1S/C17H15FN2O2/c1-19-16(21)13-3-2-11-8-9-20(15(11)10-13)17(22)12-4-6-14(18)7-5-12/h2-7,10H,8-9H2,1H3,(H,19,21). The van der Waals surface area contributed by atoms with Gasteiger partial charge >= 0.3 is 0 Å². The van der Waals surface area contributed by atoms with Crippen LogP contribution in [0, 0.1) is 5.82 Å². The van der Waals surface area contributed by atoms with Crippen molar-refractivity contribution >= 4 is 17.5 Å². The van der Waals surface area contributed by atoms with E-state index in [0.29, 0.717) is 17.7 Å². The first-order chi connectivity index (χ1) is 10.6. The molecule has 112 valence electrons. The highest BCUT2D eigenvalue weighted by Gasteiger charge is 2.26. The first-order valence-electron chi connectivity index (χ1n) is 7.02. The summed E-state index contributed by atoms with van der Waals surface area (Å²) >= 11 is 0. The molecule has 1 heterocycles. The Morgan fingerprint density at radius 1 is 1.09 bits per heavy atom. The molecule has 0 aliphatic carbocycles. The van der Waals surface area contributed by atoms with E-state index in [1.807, 2.05) is 6.07 Å². The summed E-state index contributed by atoms with van der Waals surface area (Å²) in [4.78, 5) is 25.9. The lowest BCUT2D eigenvalue weighted by Gasteiger charge is -2.18. The lowest BCUT2D eigenvalue weighted by atomic mass is 10.1. The van der Waals surface area contributed by atoms with Crippen molar-refractivity contribution in [1.82, 2.24) is 5.32 Å². The van der Waals surface area contributed by atoms with Gasteiger partial charge in [-0.1, -0.05) is 6.07 Å². The molecule has 1 aliphatic rings. The van der Waals surface area contributed by atoms with Crippen LogP contribution in [0.4, 0.5) is 10.1 Å². The monoisotopic (exact) mass is 298 g/mol. The van der Waals surface area contributed by atoms with E-state index in [1.54, 1.807) is 24.1 Å². The van der Waals surface area contributed by atoms with E-state index in [9.17, 15) is 14.0 Å². The number of carbonyl (C=O) groups is 2. The van der Waals surface area contributed by atoms with Gasteiger partial charge in [-0.2, -0.15) is 0 Å². The van der Waals surface area contributed by atoms with E-state index in [-0.39, 0.29) is 17.6 Å². The number of hydrogen-bond acceptors (Lipinski definition) is 2. The Hall–Kier alpha value is -2.69. The van der Waals surface area contributed by atoms with Gasteiger partial charge in [-0.3, -0.25) is 9.59 Å². The molecule has 0 saturated heterocycles. The molecule has 0 bridgehead atoms. The summed E-state index contributed by atoms with van der Waals surface area (Å²) in [6.07, 6.45) is 0.746. The number of benzene rings is 2. The first kappa shape index (κ1) is 14.3. The van der Waals surface area contributed by atoms with Crippen LogP contribution in [-0.4, -0.2) is 25.4 Å². The molecule has 1 aliphatic heterocycles.